The van der Waals surface area contributed by atoms with E-state index in [1.807, 2.05) is 42.5 Å². The lowest BCUT2D eigenvalue weighted by atomic mass is 10.00. The minimum Gasteiger partial charge on any atom is -0.492 e. The number of nitrogens with zero attached hydrogens (tertiary/aromatic N) is 1. The summed E-state index contributed by atoms with van der Waals surface area (Å²) in [5, 5.41) is 9.41. The molecule has 1 fully saturated rings. The predicted molar refractivity (Wildman–Crippen MR) is 111 cm³/mol. The molecule has 29 heavy (non-hydrogen) atoms. The van der Waals surface area contributed by atoms with Crippen molar-refractivity contribution in [2.45, 2.75) is 13.5 Å². The quantitative estimate of drug-likeness (QED) is 0.654. The lowest BCUT2D eigenvalue weighted by Crippen LogP contribution is -2.38. The highest BCUT2D eigenvalue weighted by molar-refractivity contribution is 6.15. The molecule has 6 heteroatoms. The molecule has 0 atom stereocenters. The summed E-state index contributed by atoms with van der Waals surface area (Å²) in [4.78, 5) is 13.8. The van der Waals surface area contributed by atoms with Gasteiger partial charge in [0, 0.05) is 25.7 Å². The molecule has 1 aliphatic rings. The van der Waals surface area contributed by atoms with Gasteiger partial charge in [0.25, 0.3) is 0 Å². The van der Waals surface area contributed by atoms with Crippen molar-refractivity contribution in [1.29, 1.82) is 0 Å². The van der Waals surface area contributed by atoms with Gasteiger partial charge in [-0.2, -0.15) is 0 Å². The average Bonchev–Trinajstić information content (AvgIpc) is 2.74. The molecular weight excluding hydrogens is 370 g/mol. The molecule has 0 aromatic heterocycles. The van der Waals surface area contributed by atoms with Crippen LogP contribution in [0.5, 0.6) is 11.5 Å². The summed E-state index contributed by atoms with van der Waals surface area (Å²) < 4.78 is 17.1. The second kappa shape index (κ2) is 10.6. The van der Waals surface area contributed by atoms with E-state index in [1.165, 1.54) is 0 Å². The van der Waals surface area contributed by atoms with Crippen molar-refractivity contribution in [3.8, 4) is 11.5 Å². The monoisotopic (exact) mass is 397 g/mol. The van der Waals surface area contributed by atoms with Gasteiger partial charge in [0.15, 0.2) is 0 Å². The summed E-state index contributed by atoms with van der Waals surface area (Å²) in [6.07, 6.45) is 1.60. The third-order valence-electron chi connectivity index (χ3n) is 4.81. The summed E-state index contributed by atoms with van der Waals surface area (Å²) in [6, 6.07) is 14.9. The fourth-order valence-corrected chi connectivity index (χ4v) is 3.24. The summed E-state index contributed by atoms with van der Waals surface area (Å²) in [5.74, 6) is 0.486. The zero-order valence-corrected chi connectivity index (χ0v) is 16.7. The second-order valence-corrected chi connectivity index (χ2v) is 6.73. The van der Waals surface area contributed by atoms with Crippen LogP contribution in [0.2, 0.25) is 0 Å². The van der Waals surface area contributed by atoms with Gasteiger partial charge in [-0.05, 0) is 30.2 Å². The smallest absolute Gasteiger partial charge is 0.335 e. The first-order valence-corrected chi connectivity index (χ1v) is 9.81. The highest BCUT2D eigenvalue weighted by atomic mass is 16.5. The van der Waals surface area contributed by atoms with Crippen LogP contribution >= 0.6 is 0 Å². The van der Waals surface area contributed by atoms with Crippen LogP contribution in [0.3, 0.4) is 0 Å². The van der Waals surface area contributed by atoms with Gasteiger partial charge in [-0.15, -0.1) is 0 Å². The molecule has 154 valence electrons. The zero-order chi connectivity index (χ0) is 20.5. The zero-order valence-electron chi connectivity index (χ0n) is 16.7. The van der Waals surface area contributed by atoms with Gasteiger partial charge in [-0.3, -0.25) is 4.90 Å². The molecule has 6 nitrogen and oxygen atoms in total. The summed E-state index contributed by atoms with van der Waals surface area (Å²) >= 11 is 0. The first-order chi connectivity index (χ1) is 14.2. The largest absolute Gasteiger partial charge is 0.492 e. The molecule has 0 bridgehead atoms. The van der Waals surface area contributed by atoms with Gasteiger partial charge in [0.1, 0.15) is 24.7 Å². The number of morpholine rings is 1. The standard InChI is InChI=1S/C23H27NO5/c1-2-21(23(25)26)22-9-4-3-6-18(22)17-29-20-8-5-7-19(16-20)28-15-12-24-10-13-27-14-11-24/h2-9,16H,10-15,17H2,1H3,(H,25,26). The van der Waals surface area contributed by atoms with Crippen LogP contribution in [-0.4, -0.2) is 55.4 Å². The molecule has 1 N–H and O–H groups in total. The van der Waals surface area contributed by atoms with E-state index in [-0.39, 0.29) is 12.2 Å². The van der Waals surface area contributed by atoms with Crippen molar-refractivity contribution in [3.63, 3.8) is 0 Å². The SMILES string of the molecule is CC=C(C(=O)O)c1ccccc1COc1cccc(OCCN2CCOCC2)c1. The third-order valence-corrected chi connectivity index (χ3v) is 4.81. The van der Waals surface area contributed by atoms with E-state index in [2.05, 4.69) is 4.90 Å². The van der Waals surface area contributed by atoms with Crippen molar-refractivity contribution in [1.82, 2.24) is 4.90 Å². The molecule has 2 aromatic carbocycles. The number of ether oxygens (including phenoxy) is 3. The Balaban J connectivity index is 1.58. The van der Waals surface area contributed by atoms with Gasteiger partial charge in [0.2, 0.25) is 0 Å². The summed E-state index contributed by atoms with van der Waals surface area (Å²) in [7, 11) is 0. The number of rotatable bonds is 9. The first kappa shape index (κ1) is 20.9. The number of allylic oxidation sites excluding steroid dienone is 1. The van der Waals surface area contributed by atoms with E-state index in [1.54, 1.807) is 19.1 Å². The minimum absolute atomic E-state index is 0.268. The predicted octanol–water partition coefficient (Wildman–Crippen LogP) is 3.46. The van der Waals surface area contributed by atoms with Crippen molar-refractivity contribution >= 4 is 11.5 Å². The summed E-state index contributed by atoms with van der Waals surface area (Å²) in [5.41, 5.74) is 1.76. The van der Waals surface area contributed by atoms with Gasteiger partial charge in [-0.25, -0.2) is 4.79 Å². The number of carbonyl (C=O) groups is 1. The van der Waals surface area contributed by atoms with Gasteiger partial charge >= 0.3 is 5.97 Å². The highest BCUT2D eigenvalue weighted by Gasteiger charge is 2.14. The normalized spacial score (nSPS) is 15.1. The molecular formula is C23H27NO5. The van der Waals surface area contributed by atoms with E-state index in [9.17, 15) is 9.90 Å². The highest BCUT2D eigenvalue weighted by Crippen LogP contribution is 2.24. The molecule has 0 amide bonds. The molecule has 1 aliphatic heterocycles. The fraction of sp³-hybridized carbons (Fsp3) is 0.348. The third kappa shape index (κ3) is 6.07. The topological polar surface area (TPSA) is 68.2 Å². The number of hydrogen-bond acceptors (Lipinski definition) is 5. The number of benzene rings is 2. The van der Waals surface area contributed by atoms with Crippen molar-refractivity contribution in [3.05, 3.63) is 65.7 Å². The molecule has 1 saturated heterocycles. The molecule has 0 spiro atoms. The van der Waals surface area contributed by atoms with Gasteiger partial charge in [-0.1, -0.05) is 36.4 Å². The minimum atomic E-state index is -0.949. The molecule has 2 aromatic rings. The van der Waals surface area contributed by atoms with Gasteiger partial charge < -0.3 is 19.3 Å². The maximum absolute atomic E-state index is 11.5. The number of carboxylic acid groups (broad SMARTS) is 1. The van der Waals surface area contributed by atoms with Crippen LogP contribution in [0, 0.1) is 0 Å². The Morgan fingerprint density at radius 2 is 1.83 bits per heavy atom. The molecule has 0 saturated carbocycles. The summed E-state index contributed by atoms with van der Waals surface area (Å²) in [6.45, 7) is 6.91. The number of aliphatic carboxylic acids is 1. The maximum atomic E-state index is 11.5. The maximum Gasteiger partial charge on any atom is 0.335 e. The first-order valence-electron chi connectivity index (χ1n) is 9.81. The van der Waals surface area contributed by atoms with Crippen LogP contribution < -0.4 is 9.47 Å². The van der Waals surface area contributed by atoms with Crippen molar-refractivity contribution in [2.75, 3.05) is 39.5 Å². The Morgan fingerprint density at radius 3 is 2.55 bits per heavy atom. The number of carboxylic acids is 1. The van der Waals surface area contributed by atoms with Crippen LogP contribution in [0.25, 0.3) is 5.57 Å². The number of hydrogen-bond donors (Lipinski definition) is 1. The van der Waals surface area contributed by atoms with Crippen LogP contribution in [0.4, 0.5) is 0 Å². The average molecular weight is 397 g/mol. The van der Waals surface area contributed by atoms with Crippen molar-refractivity contribution in [2.24, 2.45) is 0 Å². The second-order valence-electron chi connectivity index (χ2n) is 6.73. The van der Waals surface area contributed by atoms with E-state index < -0.39 is 5.97 Å². The van der Waals surface area contributed by atoms with Gasteiger partial charge in [0.05, 0.1) is 18.8 Å². The van der Waals surface area contributed by atoms with Crippen LogP contribution in [0.1, 0.15) is 18.1 Å². The van der Waals surface area contributed by atoms with E-state index in [4.69, 9.17) is 14.2 Å². The Bertz CT molecular complexity index is 843. The van der Waals surface area contributed by atoms with E-state index in [0.29, 0.717) is 17.9 Å². The van der Waals surface area contributed by atoms with Crippen LogP contribution in [0.15, 0.2) is 54.6 Å². The molecule has 3 rings (SSSR count). The Labute approximate surface area is 171 Å². The Morgan fingerprint density at radius 1 is 1.10 bits per heavy atom. The van der Waals surface area contributed by atoms with Crippen LogP contribution in [-0.2, 0) is 16.1 Å². The van der Waals surface area contributed by atoms with E-state index in [0.717, 1.165) is 44.2 Å². The van der Waals surface area contributed by atoms with E-state index >= 15 is 0 Å². The lowest BCUT2D eigenvalue weighted by Gasteiger charge is -2.26. The Hall–Kier alpha value is -2.83. The Kier molecular flexibility index (Phi) is 7.67. The fourth-order valence-electron chi connectivity index (χ4n) is 3.24. The molecule has 0 radical (unpaired) electrons. The molecule has 0 aliphatic carbocycles. The lowest BCUT2D eigenvalue weighted by molar-refractivity contribution is -0.130. The molecule has 0 unspecified atom stereocenters. The molecule has 1 heterocycles. The van der Waals surface area contributed by atoms with Crippen molar-refractivity contribution < 1.29 is 24.1 Å².